The molecule has 11 heavy (non-hydrogen) atoms. The van der Waals surface area contributed by atoms with Crippen LogP contribution >= 0.6 is 0 Å². The molecule has 1 atom stereocenters. The van der Waals surface area contributed by atoms with E-state index in [0.29, 0.717) is 0 Å². The summed E-state index contributed by atoms with van der Waals surface area (Å²) in [6.45, 7) is 1.93. The van der Waals surface area contributed by atoms with Crippen LogP contribution in [0.2, 0.25) is 0 Å². The van der Waals surface area contributed by atoms with Crippen LogP contribution < -0.4 is 5.32 Å². The third kappa shape index (κ3) is 2.60. The minimum atomic E-state index is -0.433. The second kappa shape index (κ2) is 3.98. The van der Waals surface area contributed by atoms with Crippen molar-refractivity contribution in [3.63, 3.8) is 0 Å². The summed E-state index contributed by atoms with van der Waals surface area (Å²) in [5.41, 5.74) is 0.960. The molecular weight excluding hydrogens is 138 g/mol. The van der Waals surface area contributed by atoms with E-state index in [2.05, 4.69) is 5.32 Å². The molecule has 0 radical (unpaired) electrons. The van der Waals surface area contributed by atoms with E-state index in [1.807, 2.05) is 37.3 Å². The van der Waals surface area contributed by atoms with Gasteiger partial charge in [0.2, 0.25) is 0 Å². The van der Waals surface area contributed by atoms with Crippen molar-refractivity contribution in [3.8, 4) is 0 Å². The molecule has 2 N–H and O–H groups in total. The largest absolute Gasteiger partial charge is 0.374 e. The van der Waals surface area contributed by atoms with Gasteiger partial charge in [0.1, 0.15) is 6.23 Å². The molecule has 1 aromatic rings. The lowest BCUT2D eigenvalue weighted by Crippen LogP contribution is -2.16. The first kappa shape index (κ1) is 8.08. The van der Waals surface area contributed by atoms with Crippen molar-refractivity contribution < 1.29 is 5.11 Å². The number of aliphatic hydroxyl groups excluding tert-OH is 1. The lowest BCUT2D eigenvalue weighted by atomic mass is 10.3. The summed E-state index contributed by atoms with van der Waals surface area (Å²) in [4.78, 5) is 0. The smallest absolute Gasteiger partial charge is 0.124 e. The summed E-state index contributed by atoms with van der Waals surface area (Å²) < 4.78 is 0. The second-order valence-electron chi connectivity index (χ2n) is 2.43. The van der Waals surface area contributed by atoms with E-state index in [1.54, 1.807) is 0 Å². The van der Waals surface area contributed by atoms with Crippen molar-refractivity contribution in [2.45, 2.75) is 19.6 Å². The van der Waals surface area contributed by atoms with Crippen LogP contribution in [-0.4, -0.2) is 11.3 Å². The van der Waals surface area contributed by atoms with Crippen molar-refractivity contribution in [1.82, 2.24) is 0 Å². The van der Waals surface area contributed by atoms with E-state index in [-0.39, 0.29) is 0 Å². The predicted octanol–water partition coefficient (Wildman–Crippen LogP) is 1.83. The van der Waals surface area contributed by atoms with Crippen molar-refractivity contribution in [3.05, 3.63) is 30.3 Å². The Bertz CT molecular complexity index is 198. The zero-order valence-electron chi connectivity index (χ0n) is 6.62. The fourth-order valence-electron chi connectivity index (χ4n) is 0.829. The number of hydrogen-bond acceptors (Lipinski definition) is 2. The fourth-order valence-corrected chi connectivity index (χ4v) is 0.829. The molecule has 0 bridgehead atoms. The summed E-state index contributed by atoms with van der Waals surface area (Å²) >= 11 is 0. The first-order chi connectivity index (χ1) is 5.33. The number of anilines is 1. The SMILES string of the molecule is CCC(O)Nc1ccccc1. The van der Waals surface area contributed by atoms with Gasteiger partial charge in [0.25, 0.3) is 0 Å². The standard InChI is InChI=1S/C9H13NO/c1-2-9(11)10-8-6-4-3-5-7-8/h3-7,9-11H,2H2,1H3. The van der Waals surface area contributed by atoms with Gasteiger partial charge in [0.05, 0.1) is 0 Å². The monoisotopic (exact) mass is 151 g/mol. The fraction of sp³-hybridized carbons (Fsp3) is 0.333. The van der Waals surface area contributed by atoms with E-state index in [9.17, 15) is 5.11 Å². The van der Waals surface area contributed by atoms with Gasteiger partial charge in [-0.1, -0.05) is 25.1 Å². The molecule has 2 heteroatoms. The molecule has 1 unspecified atom stereocenters. The molecule has 1 rings (SSSR count). The van der Waals surface area contributed by atoms with Crippen LogP contribution in [0.25, 0.3) is 0 Å². The first-order valence-corrected chi connectivity index (χ1v) is 3.82. The van der Waals surface area contributed by atoms with Gasteiger partial charge >= 0.3 is 0 Å². The van der Waals surface area contributed by atoms with E-state index < -0.39 is 6.23 Å². The molecule has 0 aromatic heterocycles. The van der Waals surface area contributed by atoms with Gasteiger partial charge in [-0.25, -0.2) is 0 Å². The van der Waals surface area contributed by atoms with Gasteiger partial charge in [-0.05, 0) is 18.6 Å². The molecule has 0 saturated heterocycles. The molecule has 0 heterocycles. The number of para-hydroxylation sites is 1. The highest BCUT2D eigenvalue weighted by molar-refractivity contribution is 5.42. The first-order valence-electron chi connectivity index (χ1n) is 3.82. The minimum Gasteiger partial charge on any atom is -0.374 e. The summed E-state index contributed by atoms with van der Waals surface area (Å²) in [7, 11) is 0. The van der Waals surface area contributed by atoms with Gasteiger partial charge in [0, 0.05) is 5.69 Å². The summed E-state index contributed by atoms with van der Waals surface area (Å²) in [6, 6.07) is 9.68. The maximum atomic E-state index is 9.20. The van der Waals surface area contributed by atoms with E-state index >= 15 is 0 Å². The maximum absolute atomic E-state index is 9.20. The van der Waals surface area contributed by atoms with Gasteiger partial charge in [0.15, 0.2) is 0 Å². The van der Waals surface area contributed by atoms with Gasteiger partial charge in [-0.15, -0.1) is 0 Å². The summed E-state index contributed by atoms with van der Waals surface area (Å²) in [5.74, 6) is 0. The average molecular weight is 151 g/mol. The Kier molecular flexibility index (Phi) is 2.93. The normalized spacial score (nSPS) is 12.5. The van der Waals surface area contributed by atoms with Crippen LogP contribution in [0.5, 0.6) is 0 Å². The van der Waals surface area contributed by atoms with E-state index in [1.165, 1.54) is 0 Å². The molecule has 0 saturated carbocycles. The highest BCUT2D eigenvalue weighted by Crippen LogP contribution is 2.06. The maximum Gasteiger partial charge on any atom is 0.124 e. The summed E-state index contributed by atoms with van der Waals surface area (Å²) in [5, 5.41) is 12.1. The highest BCUT2D eigenvalue weighted by atomic mass is 16.3. The van der Waals surface area contributed by atoms with Crippen molar-refractivity contribution in [2.75, 3.05) is 5.32 Å². The molecule has 0 aliphatic heterocycles. The van der Waals surface area contributed by atoms with Gasteiger partial charge < -0.3 is 10.4 Å². The van der Waals surface area contributed by atoms with Crippen molar-refractivity contribution >= 4 is 5.69 Å². The topological polar surface area (TPSA) is 32.3 Å². The molecule has 60 valence electrons. The number of aliphatic hydroxyl groups is 1. The molecule has 0 aliphatic carbocycles. The van der Waals surface area contributed by atoms with Gasteiger partial charge in [-0.3, -0.25) is 0 Å². The summed E-state index contributed by atoms with van der Waals surface area (Å²) in [6.07, 6.45) is 0.284. The van der Waals surface area contributed by atoms with Crippen LogP contribution in [0.15, 0.2) is 30.3 Å². The zero-order valence-corrected chi connectivity index (χ0v) is 6.62. The minimum absolute atomic E-state index is 0.433. The number of hydrogen-bond donors (Lipinski definition) is 2. The highest BCUT2D eigenvalue weighted by Gasteiger charge is 1.97. The number of nitrogens with one attached hydrogen (secondary N) is 1. The lowest BCUT2D eigenvalue weighted by molar-refractivity contribution is 0.199. The Balaban J connectivity index is 2.51. The number of rotatable bonds is 3. The quantitative estimate of drug-likeness (QED) is 0.646. The molecule has 2 nitrogen and oxygen atoms in total. The lowest BCUT2D eigenvalue weighted by Gasteiger charge is -2.10. The van der Waals surface area contributed by atoms with Crippen molar-refractivity contribution in [1.29, 1.82) is 0 Å². The van der Waals surface area contributed by atoms with Gasteiger partial charge in [-0.2, -0.15) is 0 Å². The second-order valence-corrected chi connectivity index (χ2v) is 2.43. The molecule has 0 amide bonds. The van der Waals surface area contributed by atoms with E-state index in [0.717, 1.165) is 12.1 Å². The predicted molar refractivity (Wildman–Crippen MR) is 46.4 cm³/mol. The van der Waals surface area contributed by atoms with Crippen LogP contribution in [0, 0.1) is 0 Å². The zero-order chi connectivity index (χ0) is 8.10. The van der Waals surface area contributed by atoms with Crippen LogP contribution in [0.4, 0.5) is 5.69 Å². The van der Waals surface area contributed by atoms with Crippen LogP contribution in [0.3, 0.4) is 0 Å². The Hall–Kier alpha value is -1.02. The van der Waals surface area contributed by atoms with E-state index in [4.69, 9.17) is 0 Å². The Labute approximate surface area is 66.9 Å². The molecule has 1 aromatic carbocycles. The molecular formula is C9H13NO. The molecule has 0 aliphatic rings. The molecule has 0 spiro atoms. The Morgan fingerprint density at radius 1 is 1.36 bits per heavy atom. The average Bonchev–Trinajstić information content (AvgIpc) is 2.06. The third-order valence-corrected chi connectivity index (χ3v) is 1.49. The number of benzene rings is 1. The Morgan fingerprint density at radius 2 is 2.00 bits per heavy atom. The Morgan fingerprint density at radius 3 is 2.55 bits per heavy atom. The molecule has 0 fully saturated rings. The van der Waals surface area contributed by atoms with Crippen molar-refractivity contribution in [2.24, 2.45) is 0 Å². The van der Waals surface area contributed by atoms with Crippen LogP contribution in [0.1, 0.15) is 13.3 Å². The third-order valence-electron chi connectivity index (χ3n) is 1.49. The van der Waals surface area contributed by atoms with Crippen LogP contribution in [-0.2, 0) is 0 Å².